The third-order valence-corrected chi connectivity index (χ3v) is 5.00. The summed E-state index contributed by atoms with van der Waals surface area (Å²) < 4.78 is 0. The Morgan fingerprint density at radius 2 is 1.00 bits per heavy atom. The molecular formula is C23H48N2. The number of nitrogens with one attached hydrogen (secondary N) is 1. The summed E-state index contributed by atoms with van der Waals surface area (Å²) in [5.41, 5.74) is 5.42. The van der Waals surface area contributed by atoms with Crippen LogP contribution in [0.25, 0.3) is 0 Å². The van der Waals surface area contributed by atoms with Crippen molar-refractivity contribution in [2.75, 3.05) is 13.1 Å². The molecule has 0 aliphatic rings. The number of allylic oxidation sites excluding steroid dienone is 1. The second-order valence-electron chi connectivity index (χ2n) is 7.59. The van der Waals surface area contributed by atoms with Gasteiger partial charge in [-0.3, -0.25) is 0 Å². The summed E-state index contributed by atoms with van der Waals surface area (Å²) >= 11 is 0. The second-order valence-corrected chi connectivity index (χ2v) is 7.59. The standard InChI is InChI=1S/C23H48N2/c1-2-3-4-5-6-7-8-9-10-11-12-13-14-15-16-17-18-19-20-22-25-23-21-24/h20,22,25H,2-19,21,23-24H2,1H3/b22-20+. The zero-order valence-corrected chi connectivity index (χ0v) is 17.4. The predicted molar refractivity (Wildman–Crippen MR) is 115 cm³/mol. The quantitative estimate of drug-likeness (QED) is 0.216. The van der Waals surface area contributed by atoms with Crippen LogP contribution in [0.4, 0.5) is 0 Å². The first-order chi connectivity index (χ1) is 12.4. The van der Waals surface area contributed by atoms with E-state index in [0.717, 1.165) is 6.54 Å². The highest BCUT2D eigenvalue weighted by molar-refractivity contribution is 4.79. The highest BCUT2D eigenvalue weighted by Gasteiger charge is 1.94. The summed E-state index contributed by atoms with van der Waals surface area (Å²) in [7, 11) is 0. The van der Waals surface area contributed by atoms with Crippen LogP contribution in [0.1, 0.15) is 122 Å². The van der Waals surface area contributed by atoms with Gasteiger partial charge in [-0.1, -0.05) is 116 Å². The second kappa shape index (κ2) is 23.5. The van der Waals surface area contributed by atoms with Crippen LogP contribution in [-0.4, -0.2) is 13.1 Å². The maximum absolute atomic E-state index is 5.42. The Morgan fingerprint density at radius 1 is 0.600 bits per heavy atom. The van der Waals surface area contributed by atoms with Crippen LogP contribution in [0.5, 0.6) is 0 Å². The minimum absolute atomic E-state index is 0.712. The summed E-state index contributed by atoms with van der Waals surface area (Å²) in [6.45, 7) is 3.89. The molecule has 0 aromatic carbocycles. The molecule has 0 fully saturated rings. The van der Waals surface area contributed by atoms with E-state index in [2.05, 4.69) is 24.5 Å². The summed E-state index contributed by atoms with van der Waals surface area (Å²) in [5, 5.41) is 3.19. The molecule has 0 aliphatic heterocycles. The van der Waals surface area contributed by atoms with Gasteiger partial charge in [0.25, 0.3) is 0 Å². The molecular weight excluding hydrogens is 304 g/mol. The van der Waals surface area contributed by atoms with Crippen LogP contribution < -0.4 is 11.1 Å². The Balaban J connectivity index is 2.99. The van der Waals surface area contributed by atoms with Crippen molar-refractivity contribution in [3.8, 4) is 0 Å². The Hall–Kier alpha value is -0.500. The van der Waals surface area contributed by atoms with E-state index in [0.29, 0.717) is 6.54 Å². The van der Waals surface area contributed by atoms with Crippen LogP contribution in [-0.2, 0) is 0 Å². The van der Waals surface area contributed by atoms with Gasteiger partial charge in [0.2, 0.25) is 0 Å². The number of hydrogen-bond donors (Lipinski definition) is 2. The third kappa shape index (κ3) is 23.5. The fourth-order valence-electron chi connectivity index (χ4n) is 3.32. The number of rotatable bonds is 21. The van der Waals surface area contributed by atoms with Gasteiger partial charge in [-0.05, 0) is 19.0 Å². The highest BCUT2D eigenvalue weighted by atomic mass is 14.8. The smallest absolute Gasteiger partial charge is 0.0264 e. The highest BCUT2D eigenvalue weighted by Crippen LogP contribution is 2.14. The lowest BCUT2D eigenvalue weighted by Crippen LogP contribution is -2.16. The van der Waals surface area contributed by atoms with E-state index >= 15 is 0 Å². The minimum Gasteiger partial charge on any atom is -0.390 e. The first kappa shape index (κ1) is 24.5. The monoisotopic (exact) mass is 352 g/mol. The lowest BCUT2D eigenvalue weighted by atomic mass is 10.0. The zero-order valence-electron chi connectivity index (χ0n) is 17.4. The molecule has 0 atom stereocenters. The van der Waals surface area contributed by atoms with Gasteiger partial charge >= 0.3 is 0 Å². The molecule has 0 radical (unpaired) electrons. The van der Waals surface area contributed by atoms with Crippen molar-refractivity contribution in [2.24, 2.45) is 5.73 Å². The lowest BCUT2D eigenvalue weighted by molar-refractivity contribution is 0.527. The largest absolute Gasteiger partial charge is 0.390 e. The van der Waals surface area contributed by atoms with Crippen LogP contribution in [0.2, 0.25) is 0 Å². The molecule has 0 unspecified atom stereocenters. The van der Waals surface area contributed by atoms with Crippen LogP contribution in [0, 0.1) is 0 Å². The van der Waals surface area contributed by atoms with Crippen molar-refractivity contribution in [2.45, 2.75) is 122 Å². The van der Waals surface area contributed by atoms with Crippen LogP contribution >= 0.6 is 0 Å². The Morgan fingerprint density at radius 3 is 1.40 bits per heavy atom. The van der Waals surface area contributed by atoms with Gasteiger partial charge in [-0.15, -0.1) is 0 Å². The topological polar surface area (TPSA) is 38.0 Å². The van der Waals surface area contributed by atoms with E-state index in [1.54, 1.807) is 0 Å². The van der Waals surface area contributed by atoms with Crippen LogP contribution in [0.3, 0.4) is 0 Å². The van der Waals surface area contributed by atoms with E-state index in [1.165, 1.54) is 116 Å². The zero-order chi connectivity index (χ0) is 18.3. The average Bonchev–Trinajstić information content (AvgIpc) is 2.63. The molecule has 0 amide bonds. The first-order valence-corrected chi connectivity index (χ1v) is 11.5. The molecule has 25 heavy (non-hydrogen) atoms. The van der Waals surface area contributed by atoms with Crippen molar-refractivity contribution >= 4 is 0 Å². The minimum atomic E-state index is 0.712. The number of nitrogens with two attached hydrogens (primary N) is 1. The van der Waals surface area contributed by atoms with Crippen molar-refractivity contribution in [1.29, 1.82) is 0 Å². The van der Waals surface area contributed by atoms with E-state index in [4.69, 9.17) is 5.73 Å². The molecule has 3 N–H and O–H groups in total. The van der Waals surface area contributed by atoms with Gasteiger partial charge < -0.3 is 11.1 Å². The van der Waals surface area contributed by atoms with Crippen molar-refractivity contribution in [1.82, 2.24) is 5.32 Å². The molecule has 0 spiro atoms. The summed E-state index contributed by atoms with van der Waals surface area (Å²) in [6, 6.07) is 0. The Bertz CT molecular complexity index is 250. The van der Waals surface area contributed by atoms with Crippen molar-refractivity contribution in [3.63, 3.8) is 0 Å². The lowest BCUT2D eigenvalue weighted by Gasteiger charge is -2.03. The molecule has 2 nitrogen and oxygen atoms in total. The molecule has 0 saturated heterocycles. The maximum atomic E-state index is 5.42. The van der Waals surface area contributed by atoms with E-state index in [-0.39, 0.29) is 0 Å². The number of hydrogen-bond acceptors (Lipinski definition) is 2. The summed E-state index contributed by atoms with van der Waals surface area (Å²) in [5.74, 6) is 0. The average molecular weight is 353 g/mol. The van der Waals surface area contributed by atoms with E-state index < -0.39 is 0 Å². The van der Waals surface area contributed by atoms with Crippen LogP contribution in [0.15, 0.2) is 12.3 Å². The first-order valence-electron chi connectivity index (χ1n) is 11.5. The SMILES string of the molecule is CCCCCCCCCCCCCCCCCCC/C=C/NCCN. The maximum Gasteiger partial charge on any atom is 0.0264 e. The molecule has 0 bridgehead atoms. The molecule has 0 heterocycles. The van der Waals surface area contributed by atoms with E-state index in [1.807, 2.05) is 0 Å². The molecule has 0 aromatic heterocycles. The number of unbranched alkanes of at least 4 members (excludes halogenated alkanes) is 17. The van der Waals surface area contributed by atoms with Gasteiger partial charge in [0.05, 0.1) is 0 Å². The summed E-state index contributed by atoms with van der Waals surface area (Å²) in [6.07, 6.45) is 30.0. The van der Waals surface area contributed by atoms with Gasteiger partial charge in [0.15, 0.2) is 0 Å². The summed E-state index contributed by atoms with van der Waals surface area (Å²) in [4.78, 5) is 0. The molecule has 0 aromatic rings. The molecule has 150 valence electrons. The van der Waals surface area contributed by atoms with Crippen molar-refractivity contribution in [3.05, 3.63) is 12.3 Å². The fourth-order valence-corrected chi connectivity index (χ4v) is 3.32. The molecule has 0 rings (SSSR count). The van der Waals surface area contributed by atoms with Gasteiger partial charge in [0, 0.05) is 13.1 Å². The van der Waals surface area contributed by atoms with Gasteiger partial charge in [-0.2, -0.15) is 0 Å². The molecule has 2 heteroatoms. The predicted octanol–water partition coefficient (Wildman–Crippen LogP) is 7.09. The van der Waals surface area contributed by atoms with Crippen molar-refractivity contribution < 1.29 is 0 Å². The van der Waals surface area contributed by atoms with Gasteiger partial charge in [0.1, 0.15) is 0 Å². The molecule has 0 aliphatic carbocycles. The van der Waals surface area contributed by atoms with Gasteiger partial charge in [-0.25, -0.2) is 0 Å². The molecule has 0 saturated carbocycles. The Kier molecular flexibility index (Phi) is 23.0. The van der Waals surface area contributed by atoms with E-state index in [9.17, 15) is 0 Å². The normalized spacial score (nSPS) is 11.4. The Labute approximate surface area is 159 Å². The fraction of sp³-hybridized carbons (Fsp3) is 0.913. The third-order valence-electron chi connectivity index (χ3n) is 5.00.